The number of tetrazole rings is 1. The summed E-state index contributed by atoms with van der Waals surface area (Å²) in [5, 5.41) is 14.5. The van der Waals surface area contributed by atoms with Gasteiger partial charge in [0.05, 0.1) is 5.70 Å². The van der Waals surface area contributed by atoms with Crippen molar-refractivity contribution < 1.29 is 0 Å². The van der Waals surface area contributed by atoms with Gasteiger partial charge in [0.2, 0.25) is 5.82 Å². The normalized spacial score (nSPS) is 15.9. The predicted molar refractivity (Wildman–Crippen MR) is 87.6 cm³/mol. The first-order chi connectivity index (χ1) is 10.7. The minimum atomic E-state index is 0.407. The van der Waals surface area contributed by atoms with Crippen LogP contribution in [-0.2, 0) is 0 Å². The summed E-state index contributed by atoms with van der Waals surface area (Å²) >= 11 is 6.38. The van der Waals surface area contributed by atoms with Crippen molar-refractivity contribution in [1.29, 1.82) is 0 Å². The SMILES string of the molecule is C=N/C(=C\C(=NC)c1nn[nH]n1)c1ccc(C2CC2)c(Cl)c1. The van der Waals surface area contributed by atoms with Crippen molar-refractivity contribution in [2.45, 2.75) is 18.8 Å². The van der Waals surface area contributed by atoms with Gasteiger partial charge in [-0.3, -0.25) is 9.98 Å². The quantitative estimate of drug-likeness (QED) is 0.862. The highest BCUT2D eigenvalue weighted by molar-refractivity contribution is 6.31. The molecule has 112 valence electrons. The third kappa shape index (κ3) is 2.96. The van der Waals surface area contributed by atoms with Gasteiger partial charge in [-0.15, -0.1) is 10.2 Å². The number of nitrogens with one attached hydrogen (secondary N) is 1. The number of benzene rings is 1. The first-order valence-corrected chi connectivity index (χ1v) is 7.29. The van der Waals surface area contributed by atoms with Crippen LogP contribution in [-0.4, -0.2) is 40.1 Å². The van der Waals surface area contributed by atoms with E-state index < -0.39 is 0 Å². The molecule has 22 heavy (non-hydrogen) atoms. The molecule has 0 saturated heterocycles. The van der Waals surface area contributed by atoms with E-state index >= 15 is 0 Å². The molecule has 1 N–H and O–H groups in total. The molecule has 1 aliphatic rings. The van der Waals surface area contributed by atoms with E-state index in [9.17, 15) is 0 Å². The number of nitrogens with zero attached hydrogens (tertiary/aromatic N) is 5. The Morgan fingerprint density at radius 3 is 2.82 bits per heavy atom. The Bertz CT molecular complexity index is 743. The molecular formula is C15H15ClN6. The number of allylic oxidation sites excluding steroid dienone is 1. The second-order valence-corrected chi connectivity index (χ2v) is 5.45. The van der Waals surface area contributed by atoms with E-state index in [-0.39, 0.29) is 0 Å². The molecular weight excluding hydrogens is 300 g/mol. The van der Waals surface area contributed by atoms with Crippen molar-refractivity contribution >= 4 is 29.7 Å². The van der Waals surface area contributed by atoms with Gasteiger partial charge in [-0.25, -0.2) is 0 Å². The smallest absolute Gasteiger partial charge is 0.222 e. The maximum Gasteiger partial charge on any atom is 0.222 e. The standard InChI is InChI=1S/C15H15ClN6/c1-17-13(8-14(18-2)15-19-21-22-20-15)10-5-6-11(9-3-4-9)12(16)7-10/h5-9H,1,3-4H2,2H3,(H,19,20,21,22)/b13-8-,18-14?. The molecule has 1 fully saturated rings. The fourth-order valence-corrected chi connectivity index (χ4v) is 2.60. The average molecular weight is 315 g/mol. The number of hydrogen-bond acceptors (Lipinski definition) is 5. The van der Waals surface area contributed by atoms with Crippen LogP contribution in [0.2, 0.25) is 5.02 Å². The predicted octanol–water partition coefficient (Wildman–Crippen LogP) is 2.89. The maximum absolute atomic E-state index is 6.38. The molecule has 0 aliphatic heterocycles. The molecule has 1 heterocycles. The molecule has 0 bridgehead atoms. The Balaban J connectivity index is 1.95. The molecule has 7 heteroatoms. The van der Waals surface area contributed by atoms with Crippen LogP contribution in [0, 0.1) is 0 Å². The molecule has 1 saturated carbocycles. The molecule has 3 rings (SSSR count). The molecule has 0 radical (unpaired) electrons. The fraction of sp³-hybridized carbons (Fsp3) is 0.267. The summed E-state index contributed by atoms with van der Waals surface area (Å²) in [6.45, 7) is 3.63. The molecule has 0 amide bonds. The largest absolute Gasteiger partial charge is 0.285 e. The molecule has 1 aliphatic carbocycles. The summed E-state index contributed by atoms with van der Waals surface area (Å²) in [6, 6.07) is 5.98. The lowest BCUT2D eigenvalue weighted by Crippen LogP contribution is -2.01. The highest BCUT2D eigenvalue weighted by atomic mass is 35.5. The zero-order valence-electron chi connectivity index (χ0n) is 12.1. The number of hydrogen-bond donors (Lipinski definition) is 1. The summed E-state index contributed by atoms with van der Waals surface area (Å²) in [7, 11) is 1.66. The molecule has 6 nitrogen and oxygen atoms in total. The minimum absolute atomic E-state index is 0.407. The second-order valence-electron chi connectivity index (χ2n) is 5.04. The van der Waals surface area contributed by atoms with Crippen LogP contribution in [0.15, 0.2) is 34.3 Å². The van der Waals surface area contributed by atoms with E-state index in [1.807, 2.05) is 12.1 Å². The Morgan fingerprint density at radius 1 is 1.45 bits per heavy atom. The van der Waals surface area contributed by atoms with Crippen LogP contribution in [0.3, 0.4) is 0 Å². The van der Waals surface area contributed by atoms with Crippen molar-refractivity contribution in [2.75, 3.05) is 7.05 Å². The monoisotopic (exact) mass is 314 g/mol. The number of aromatic amines is 1. The number of aliphatic imine (C=N–C) groups is 2. The summed E-state index contributed by atoms with van der Waals surface area (Å²) in [5.74, 6) is 1.02. The van der Waals surface area contributed by atoms with Crippen LogP contribution in [0.25, 0.3) is 5.70 Å². The van der Waals surface area contributed by atoms with Gasteiger partial charge < -0.3 is 0 Å². The van der Waals surface area contributed by atoms with E-state index in [0.29, 0.717) is 23.2 Å². The van der Waals surface area contributed by atoms with E-state index in [4.69, 9.17) is 11.6 Å². The van der Waals surface area contributed by atoms with Crippen LogP contribution in [0.1, 0.15) is 35.7 Å². The molecule has 0 spiro atoms. The van der Waals surface area contributed by atoms with Crippen LogP contribution in [0.5, 0.6) is 0 Å². The number of rotatable bonds is 5. The lowest BCUT2D eigenvalue weighted by molar-refractivity contribution is 0.881. The van der Waals surface area contributed by atoms with Gasteiger partial charge in [0.25, 0.3) is 0 Å². The van der Waals surface area contributed by atoms with Crippen molar-refractivity contribution in [3.8, 4) is 0 Å². The zero-order chi connectivity index (χ0) is 15.5. The van der Waals surface area contributed by atoms with E-state index in [1.54, 1.807) is 13.1 Å². The molecule has 0 unspecified atom stereocenters. The van der Waals surface area contributed by atoms with Crippen LogP contribution < -0.4 is 0 Å². The van der Waals surface area contributed by atoms with Gasteiger partial charge in [0.15, 0.2) is 0 Å². The number of H-pyrrole nitrogens is 1. The first kappa shape index (κ1) is 14.6. The minimum Gasteiger partial charge on any atom is -0.285 e. The summed E-state index contributed by atoms with van der Waals surface area (Å²) in [4.78, 5) is 8.23. The summed E-state index contributed by atoms with van der Waals surface area (Å²) in [5.41, 5.74) is 3.32. The third-order valence-corrected chi connectivity index (χ3v) is 3.90. The topological polar surface area (TPSA) is 79.2 Å². The summed E-state index contributed by atoms with van der Waals surface area (Å²) in [6.07, 6.45) is 4.19. The molecule has 0 atom stereocenters. The number of aromatic nitrogens is 4. The van der Waals surface area contributed by atoms with Gasteiger partial charge >= 0.3 is 0 Å². The summed E-state index contributed by atoms with van der Waals surface area (Å²) < 4.78 is 0. The Hall–Kier alpha value is -2.34. The average Bonchev–Trinajstić information content (AvgIpc) is 3.22. The molecule has 1 aromatic heterocycles. The molecule has 2 aromatic rings. The van der Waals surface area contributed by atoms with E-state index in [1.165, 1.54) is 18.4 Å². The molecule has 1 aromatic carbocycles. The van der Waals surface area contributed by atoms with Gasteiger partial charge in [0, 0.05) is 17.6 Å². The highest BCUT2D eigenvalue weighted by Crippen LogP contribution is 2.43. The lowest BCUT2D eigenvalue weighted by Gasteiger charge is -2.07. The zero-order valence-corrected chi connectivity index (χ0v) is 12.9. The van der Waals surface area contributed by atoms with Gasteiger partial charge in [-0.2, -0.15) is 5.21 Å². The van der Waals surface area contributed by atoms with Crippen LogP contribution >= 0.6 is 11.6 Å². The van der Waals surface area contributed by atoms with Gasteiger partial charge in [-0.1, -0.05) is 23.7 Å². The number of halogens is 1. The van der Waals surface area contributed by atoms with Crippen LogP contribution in [0.4, 0.5) is 0 Å². The highest BCUT2D eigenvalue weighted by Gasteiger charge is 2.25. The van der Waals surface area contributed by atoms with Crippen molar-refractivity contribution in [1.82, 2.24) is 20.6 Å². The first-order valence-electron chi connectivity index (χ1n) is 6.91. The van der Waals surface area contributed by atoms with Crippen molar-refractivity contribution in [2.24, 2.45) is 9.98 Å². The van der Waals surface area contributed by atoms with Gasteiger partial charge in [-0.05, 0) is 48.4 Å². The Kier molecular flexibility index (Phi) is 4.11. The Labute approximate surface area is 133 Å². The van der Waals surface area contributed by atoms with Gasteiger partial charge in [0.1, 0.15) is 5.71 Å². The second kappa shape index (κ2) is 6.19. The van der Waals surface area contributed by atoms with Crippen molar-refractivity contribution in [3.05, 3.63) is 46.2 Å². The van der Waals surface area contributed by atoms with Crippen molar-refractivity contribution in [3.63, 3.8) is 0 Å². The maximum atomic E-state index is 6.38. The lowest BCUT2D eigenvalue weighted by atomic mass is 10.0. The third-order valence-electron chi connectivity index (χ3n) is 3.57. The van der Waals surface area contributed by atoms with E-state index in [2.05, 4.69) is 43.4 Å². The van der Waals surface area contributed by atoms with E-state index in [0.717, 1.165) is 10.6 Å². The Morgan fingerprint density at radius 2 is 2.27 bits per heavy atom. The fourth-order valence-electron chi connectivity index (χ4n) is 2.26.